The fourth-order valence-electron chi connectivity index (χ4n) is 2.67. The van der Waals surface area contributed by atoms with E-state index in [9.17, 15) is 4.79 Å². The number of amides is 1. The van der Waals surface area contributed by atoms with Crippen molar-refractivity contribution in [1.29, 1.82) is 0 Å². The number of benzene rings is 1. The van der Waals surface area contributed by atoms with Gasteiger partial charge in [0, 0.05) is 19.0 Å². The van der Waals surface area contributed by atoms with E-state index in [0.29, 0.717) is 23.1 Å². The molecule has 0 aliphatic carbocycles. The highest BCUT2D eigenvalue weighted by Gasteiger charge is 2.33. The van der Waals surface area contributed by atoms with E-state index in [1.54, 1.807) is 12.1 Å². The van der Waals surface area contributed by atoms with Gasteiger partial charge >= 0.3 is 0 Å². The average molecular weight is 417 g/mol. The minimum atomic E-state index is 0.0573. The number of carbonyl (C=O) groups excluding carboxylic acids is 1. The highest BCUT2D eigenvalue weighted by Crippen LogP contribution is 2.41. The van der Waals surface area contributed by atoms with Crippen molar-refractivity contribution in [3.8, 4) is 0 Å². The molecule has 1 aromatic carbocycles. The van der Waals surface area contributed by atoms with E-state index < -0.39 is 0 Å². The van der Waals surface area contributed by atoms with Gasteiger partial charge in [0.25, 0.3) is 5.91 Å². The summed E-state index contributed by atoms with van der Waals surface area (Å²) in [5, 5.41) is 1.06. The molecular weight excluding hydrogens is 405 g/mol. The van der Waals surface area contributed by atoms with E-state index in [0.717, 1.165) is 19.8 Å². The Labute approximate surface area is 151 Å². The van der Waals surface area contributed by atoms with Crippen LogP contribution in [-0.2, 0) is 0 Å². The van der Waals surface area contributed by atoms with E-state index in [-0.39, 0.29) is 11.8 Å². The van der Waals surface area contributed by atoms with Gasteiger partial charge in [0.2, 0.25) is 0 Å². The van der Waals surface area contributed by atoms with Gasteiger partial charge in [-0.3, -0.25) is 4.79 Å². The summed E-state index contributed by atoms with van der Waals surface area (Å²) < 4.78 is 0.955. The predicted molar refractivity (Wildman–Crippen MR) is 96.4 cm³/mol. The van der Waals surface area contributed by atoms with Gasteiger partial charge in [-0.05, 0) is 45.3 Å². The molecule has 2 heterocycles. The second-order valence-corrected chi connectivity index (χ2v) is 8.31. The van der Waals surface area contributed by atoms with Crippen LogP contribution >= 0.6 is 50.5 Å². The van der Waals surface area contributed by atoms with Crippen LogP contribution in [0.1, 0.15) is 26.7 Å². The summed E-state index contributed by atoms with van der Waals surface area (Å²) in [6.07, 6.45) is 1.75. The predicted octanol–water partition coefficient (Wildman–Crippen LogP) is 5.59. The topological polar surface area (TPSA) is 20.3 Å². The van der Waals surface area contributed by atoms with E-state index >= 15 is 0 Å². The van der Waals surface area contributed by atoms with Crippen LogP contribution in [0.5, 0.6) is 0 Å². The van der Waals surface area contributed by atoms with Crippen LogP contribution in [-0.4, -0.2) is 23.9 Å². The molecule has 6 heteroatoms. The van der Waals surface area contributed by atoms with Crippen molar-refractivity contribution in [2.45, 2.75) is 5.92 Å². The zero-order chi connectivity index (χ0) is 15.9. The molecule has 0 spiro atoms. The van der Waals surface area contributed by atoms with Crippen LogP contribution < -0.4 is 0 Å². The number of thiophene rings is 1. The Morgan fingerprint density at radius 2 is 2.14 bits per heavy atom. The largest absolute Gasteiger partial charge is 0.333 e. The molecule has 1 aromatic heterocycles. The summed E-state index contributed by atoms with van der Waals surface area (Å²) in [5.41, 5.74) is 2.10. The van der Waals surface area contributed by atoms with E-state index in [1.807, 2.05) is 23.1 Å². The number of halogens is 3. The number of hydrogen-bond acceptors (Lipinski definition) is 2. The molecule has 1 aliphatic heterocycles. The molecule has 3 rings (SSSR count). The minimum absolute atomic E-state index is 0.0573. The van der Waals surface area contributed by atoms with Gasteiger partial charge in [-0.15, -0.1) is 17.9 Å². The molecule has 0 fully saturated rings. The van der Waals surface area contributed by atoms with Gasteiger partial charge in [-0.2, -0.15) is 0 Å². The molecule has 0 radical (unpaired) electrons. The van der Waals surface area contributed by atoms with Crippen LogP contribution in [0.25, 0.3) is 0 Å². The third-order valence-electron chi connectivity index (χ3n) is 3.69. The Kier molecular flexibility index (Phi) is 4.64. The van der Waals surface area contributed by atoms with Crippen molar-refractivity contribution >= 4 is 56.4 Å². The smallest absolute Gasteiger partial charge is 0.264 e. The minimum Gasteiger partial charge on any atom is -0.333 e. The Morgan fingerprint density at radius 1 is 1.36 bits per heavy atom. The quantitative estimate of drug-likeness (QED) is 0.597. The van der Waals surface area contributed by atoms with E-state index in [4.69, 9.17) is 23.2 Å². The second kappa shape index (κ2) is 6.36. The van der Waals surface area contributed by atoms with Crippen molar-refractivity contribution in [3.05, 3.63) is 66.8 Å². The monoisotopic (exact) mass is 415 g/mol. The summed E-state index contributed by atoms with van der Waals surface area (Å²) in [7, 11) is 0. The zero-order valence-electron chi connectivity index (χ0n) is 11.5. The number of carbonyl (C=O) groups is 1. The molecule has 0 saturated heterocycles. The third-order valence-corrected chi connectivity index (χ3v) is 6.07. The number of rotatable bonds is 3. The molecule has 1 amide bonds. The number of nitrogens with zero attached hydrogens (tertiary/aromatic N) is 1. The summed E-state index contributed by atoms with van der Waals surface area (Å²) in [4.78, 5) is 15.1. The maximum absolute atomic E-state index is 12.5. The lowest BCUT2D eigenvalue weighted by molar-refractivity contribution is 0.0755. The molecule has 22 heavy (non-hydrogen) atoms. The first-order valence-electron chi connectivity index (χ1n) is 6.65. The van der Waals surface area contributed by atoms with Crippen molar-refractivity contribution in [2.75, 3.05) is 13.1 Å². The van der Waals surface area contributed by atoms with Gasteiger partial charge in [-0.1, -0.05) is 35.3 Å². The highest BCUT2D eigenvalue weighted by atomic mass is 79.9. The van der Waals surface area contributed by atoms with Crippen LogP contribution in [0.15, 0.2) is 40.7 Å². The van der Waals surface area contributed by atoms with Gasteiger partial charge in [0.05, 0.1) is 18.7 Å². The lowest BCUT2D eigenvalue weighted by Crippen LogP contribution is -2.39. The average Bonchev–Trinajstić information content (AvgIpc) is 2.87. The Hall–Kier alpha value is -0.810. The molecule has 2 nitrogen and oxygen atoms in total. The standard InChI is InChI=1S/C16H12BrCl2NOS/c1-2-5-20-8-11(9-3-4-12(18)13(19)6-9)10-7-14(17)22-15(10)16(20)21/h2-4,6-7,11H,1,5,8H2/t11-/m1/s1. The first-order chi connectivity index (χ1) is 10.5. The van der Waals surface area contributed by atoms with Crippen molar-refractivity contribution in [2.24, 2.45) is 0 Å². The molecular formula is C16H12BrCl2NOS. The van der Waals surface area contributed by atoms with Gasteiger partial charge < -0.3 is 4.90 Å². The van der Waals surface area contributed by atoms with Crippen LogP contribution in [0.3, 0.4) is 0 Å². The summed E-state index contributed by atoms with van der Waals surface area (Å²) >= 11 is 17.1. The highest BCUT2D eigenvalue weighted by molar-refractivity contribution is 9.11. The normalized spacial score (nSPS) is 17.5. The summed E-state index contributed by atoms with van der Waals surface area (Å²) in [6, 6.07) is 7.67. The Bertz CT molecular complexity index is 759. The lowest BCUT2D eigenvalue weighted by Gasteiger charge is -2.32. The lowest BCUT2D eigenvalue weighted by atomic mass is 9.88. The zero-order valence-corrected chi connectivity index (χ0v) is 15.4. The van der Waals surface area contributed by atoms with Crippen LogP contribution in [0.2, 0.25) is 10.0 Å². The Morgan fingerprint density at radius 3 is 2.82 bits per heavy atom. The molecule has 0 N–H and O–H groups in total. The molecule has 1 aliphatic rings. The van der Waals surface area contributed by atoms with Crippen molar-refractivity contribution in [3.63, 3.8) is 0 Å². The molecule has 1 atom stereocenters. The third kappa shape index (κ3) is 2.85. The number of fused-ring (bicyclic) bond motifs is 1. The van der Waals surface area contributed by atoms with Crippen molar-refractivity contribution in [1.82, 2.24) is 4.90 Å². The SMILES string of the molecule is C=CCN1C[C@H](c2ccc(Cl)c(Cl)c2)c2cc(Br)sc2C1=O. The number of hydrogen-bond donors (Lipinski definition) is 0. The van der Waals surface area contributed by atoms with E-state index in [2.05, 4.69) is 22.5 Å². The van der Waals surface area contributed by atoms with Crippen LogP contribution in [0.4, 0.5) is 0 Å². The van der Waals surface area contributed by atoms with Gasteiger partial charge in [0.1, 0.15) is 0 Å². The van der Waals surface area contributed by atoms with E-state index in [1.165, 1.54) is 11.3 Å². The van der Waals surface area contributed by atoms with Crippen molar-refractivity contribution < 1.29 is 4.79 Å². The molecule has 0 saturated carbocycles. The maximum Gasteiger partial charge on any atom is 0.264 e. The van der Waals surface area contributed by atoms with Gasteiger partial charge in [-0.25, -0.2) is 0 Å². The first kappa shape index (κ1) is 16.1. The first-order valence-corrected chi connectivity index (χ1v) is 9.02. The summed E-state index contributed by atoms with van der Waals surface area (Å²) in [6.45, 7) is 4.88. The second-order valence-electron chi connectivity index (χ2n) is 5.06. The summed E-state index contributed by atoms with van der Waals surface area (Å²) in [5.74, 6) is 0.145. The Balaban J connectivity index is 2.09. The van der Waals surface area contributed by atoms with Crippen LogP contribution in [0, 0.1) is 0 Å². The molecule has 2 aromatic rings. The molecule has 114 valence electrons. The fraction of sp³-hybridized carbons (Fsp3) is 0.188. The maximum atomic E-state index is 12.5. The van der Waals surface area contributed by atoms with Gasteiger partial charge in [0.15, 0.2) is 0 Å². The molecule has 0 unspecified atom stereocenters. The fourth-order valence-corrected chi connectivity index (χ4v) is 4.63. The molecule has 0 bridgehead atoms.